The minimum Gasteiger partial charge on any atom is -0.497 e. The van der Waals surface area contributed by atoms with Gasteiger partial charge in [-0.25, -0.2) is 0 Å². The molecular weight excluding hydrogens is 504 g/mol. The number of rotatable bonds is 9. The largest absolute Gasteiger partial charge is 0.497 e. The highest BCUT2D eigenvalue weighted by Gasteiger charge is 2.23. The van der Waals surface area contributed by atoms with E-state index in [1.807, 2.05) is 36.4 Å². The summed E-state index contributed by atoms with van der Waals surface area (Å²) < 4.78 is 43.9. The summed E-state index contributed by atoms with van der Waals surface area (Å²) in [6.45, 7) is 3.71. The topological polar surface area (TPSA) is 110 Å². The molecule has 38 heavy (non-hydrogen) atoms. The predicted octanol–water partition coefficient (Wildman–Crippen LogP) is 5.78. The van der Waals surface area contributed by atoms with E-state index in [2.05, 4.69) is 26.0 Å². The lowest BCUT2D eigenvalue weighted by Gasteiger charge is -2.26. The molecule has 7 nitrogen and oxygen atoms in total. The van der Waals surface area contributed by atoms with Crippen molar-refractivity contribution in [1.82, 2.24) is 0 Å². The Hall–Kier alpha value is -3.98. The Bertz CT molecular complexity index is 1540. The molecule has 8 heteroatoms. The van der Waals surface area contributed by atoms with E-state index in [1.54, 1.807) is 31.4 Å². The first kappa shape index (κ1) is 27.1. The molecule has 0 aliphatic heterocycles. The fourth-order valence-corrected chi connectivity index (χ4v) is 4.90. The van der Waals surface area contributed by atoms with Crippen molar-refractivity contribution in [3.05, 3.63) is 119 Å². The lowest BCUT2D eigenvalue weighted by atomic mass is 9.78. The minimum absolute atomic E-state index is 0.00574. The molecule has 4 rings (SSSR count). The van der Waals surface area contributed by atoms with Crippen molar-refractivity contribution in [2.24, 2.45) is 0 Å². The first-order chi connectivity index (χ1) is 18.0. The number of aliphatic hydroxyl groups excluding tert-OH is 1. The lowest BCUT2D eigenvalue weighted by Crippen LogP contribution is -2.18. The average molecular weight is 533 g/mol. The fourth-order valence-electron chi connectivity index (χ4n) is 4.16. The van der Waals surface area contributed by atoms with Crippen LogP contribution in [0.5, 0.6) is 17.2 Å². The first-order valence-electron chi connectivity index (χ1n) is 11.8. The van der Waals surface area contributed by atoms with E-state index in [0.717, 1.165) is 22.9 Å². The third-order valence-corrected chi connectivity index (χ3v) is 7.45. The minimum atomic E-state index is -4.59. The smallest absolute Gasteiger partial charge is 0.294 e. The van der Waals surface area contributed by atoms with Crippen LogP contribution in [0.3, 0.4) is 0 Å². The van der Waals surface area contributed by atoms with Crippen LogP contribution in [0.1, 0.15) is 46.5 Å². The van der Waals surface area contributed by atoms with Crippen LogP contribution < -0.4 is 9.47 Å². The second-order valence-electron chi connectivity index (χ2n) is 9.29. The fraction of sp³-hybridized carbons (Fsp3) is 0.167. The maximum Gasteiger partial charge on any atom is 0.294 e. The lowest BCUT2D eigenvalue weighted by molar-refractivity contribution is 0.103. The van der Waals surface area contributed by atoms with E-state index in [1.165, 1.54) is 12.1 Å². The second-order valence-corrected chi connectivity index (χ2v) is 10.7. The molecule has 0 bridgehead atoms. The number of benzene rings is 4. The van der Waals surface area contributed by atoms with E-state index >= 15 is 0 Å². The van der Waals surface area contributed by atoms with Gasteiger partial charge in [-0.2, -0.15) is 8.42 Å². The second kappa shape index (κ2) is 10.8. The van der Waals surface area contributed by atoms with Crippen LogP contribution in [0.25, 0.3) is 0 Å². The molecule has 0 aliphatic rings. The molecule has 0 amide bonds. The number of carbonyl (C=O) groups is 1. The number of hydrogen-bond acceptors (Lipinski definition) is 6. The number of ether oxygens (including phenoxy) is 2. The van der Waals surface area contributed by atoms with Crippen LogP contribution in [0.4, 0.5) is 0 Å². The molecule has 4 aromatic carbocycles. The van der Waals surface area contributed by atoms with Crippen LogP contribution >= 0.6 is 0 Å². The van der Waals surface area contributed by atoms with Crippen molar-refractivity contribution in [3.63, 3.8) is 0 Å². The summed E-state index contributed by atoms with van der Waals surface area (Å²) in [5.41, 5.74) is 2.43. The first-order valence-corrected chi connectivity index (χ1v) is 13.3. The van der Waals surface area contributed by atoms with Crippen LogP contribution in [0.2, 0.25) is 0 Å². The number of ketones is 1. The zero-order valence-electron chi connectivity index (χ0n) is 21.2. The molecular formula is C30H28O7S. The Balaban J connectivity index is 1.48. The zero-order valence-corrected chi connectivity index (χ0v) is 22.0. The third-order valence-electron chi connectivity index (χ3n) is 6.52. The third kappa shape index (κ3) is 5.78. The van der Waals surface area contributed by atoms with Gasteiger partial charge in [0, 0.05) is 16.5 Å². The standard InChI is InChI=1S/C30H28O7S/c1-30(2,23-8-14-25(36-3)15-9-23)24-10-16-27(17-11-24)37-26-12-6-20(7-13-26)29(32)21-4-5-22(19-31)28(18-21)38(33,34)35/h4-18,31H,19H2,1-3H3,(H,33,34,35). The predicted molar refractivity (Wildman–Crippen MR) is 144 cm³/mol. The molecule has 196 valence electrons. The Morgan fingerprint density at radius 2 is 1.24 bits per heavy atom. The van der Waals surface area contributed by atoms with Crippen LogP contribution in [-0.4, -0.2) is 31.0 Å². The molecule has 0 atom stereocenters. The molecule has 2 N–H and O–H groups in total. The number of aliphatic hydroxyl groups is 1. The van der Waals surface area contributed by atoms with Crippen LogP contribution in [0, 0.1) is 0 Å². The molecule has 0 saturated carbocycles. The summed E-state index contributed by atoms with van der Waals surface area (Å²) in [4.78, 5) is 12.4. The molecule has 0 saturated heterocycles. The SMILES string of the molecule is COc1ccc(C(C)(C)c2ccc(Oc3ccc(C(=O)c4ccc(CO)c(S(=O)(=O)O)c4)cc3)cc2)cc1. The Morgan fingerprint density at radius 1 is 0.763 bits per heavy atom. The monoisotopic (exact) mass is 532 g/mol. The van der Waals surface area contributed by atoms with Gasteiger partial charge in [-0.1, -0.05) is 50.2 Å². The molecule has 4 aromatic rings. The van der Waals surface area contributed by atoms with Gasteiger partial charge in [-0.15, -0.1) is 0 Å². The Morgan fingerprint density at radius 3 is 1.71 bits per heavy atom. The molecule has 0 heterocycles. The molecule has 0 fully saturated rings. The highest BCUT2D eigenvalue weighted by molar-refractivity contribution is 7.85. The van der Waals surface area contributed by atoms with Gasteiger partial charge in [-0.05, 0) is 71.3 Å². The summed E-state index contributed by atoms with van der Waals surface area (Å²) >= 11 is 0. The Kier molecular flexibility index (Phi) is 7.68. The highest BCUT2D eigenvalue weighted by atomic mass is 32.2. The van der Waals surface area contributed by atoms with Crippen molar-refractivity contribution in [1.29, 1.82) is 0 Å². The zero-order chi connectivity index (χ0) is 27.5. The van der Waals surface area contributed by atoms with Gasteiger partial charge in [0.05, 0.1) is 13.7 Å². The summed E-state index contributed by atoms with van der Waals surface area (Å²) in [7, 11) is -2.95. The van der Waals surface area contributed by atoms with Gasteiger partial charge >= 0.3 is 0 Å². The van der Waals surface area contributed by atoms with Gasteiger partial charge in [0.25, 0.3) is 10.1 Å². The average Bonchev–Trinajstić information content (AvgIpc) is 2.92. The van der Waals surface area contributed by atoms with Gasteiger partial charge in [0.1, 0.15) is 22.1 Å². The van der Waals surface area contributed by atoms with Crippen molar-refractivity contribution in [2.75, 3.05) is 7.11 Å². The van der Waals surface area contributed by atoms with E-state index < -0.39 is 27.4 Å². The van der Waals surface area contributed by atoms with E-state index in [4.69, 9.17) is 9.47 Å². The molecule has 0 spiro atoms. The van der Waals surface area contributed by atoms with Crippen LogP contribution in [0.15, 0.2) is 95.9 Å². The van der Waals surface area contributed by atoms with Gasteiger partial charge < -0.3 is 14.6 Å². The molecule has 0 aliphatic carbocycles. The Labute approximate surface area is 222 Å². The van der Waals surface area contributed by atoms with Crippen molar-refractivity contribution in [2.45, 2.75) is 30.8 Å². The van der Waals surface area contributed by atoms with E-state index in [9.17, 15) is 22.9 Å². The van der Waals surface area contributed by atoms with Gasteiger partial charge in [0.15, 0.2) is 5.78 Å². The quantitative estimate of drug-likeness (QED) is 0.208. The number of methoxy groups -OCH3 is 1. The molecule has 0 radical (unpaired) electrons. The van der Waals surface area contributed by atoms with Crippen molar-refractivity contribution in [3.8, 4) is 17.2 Å². The summed E-state index contributed by atoms with van der Waals surface area (Å²) in [5, 5.41) is 9.33. The summed E-state index contributed by atoms with van der Waals surface area (Å²) in [5.74, 6) is 1.54. The maximum absolute atomic E-state index is 12.9. The van der Waals surface area contributed by atoms with E-state index in [-0.39, 0.29) is 16.5 Å². The van der Waals surface area contributed by atoms with Crippen molar-refractivity contribution < 1.29 is 32.3 Å². The maximum atomic E-state index is 12.9. The van der Waals surface area contributed by atoms with E-state index in [0.29, 0.717) is 17.1 Å². The van der Waals surface area contributed by atoms with Gasteiger partial charge in [-0.3, -0.25) is 9.35 Å². The molecule has 0 unspecified atom stereocenters. The molecule has 0 aromatic heterocycles. The summed E-state index contributed by atoms with van der Waals surface area (Å²) in [6.07, 6.45) is 0. The van der Waals surface area contributed by atoms with Crippen LogP contribution in [-0.2, 0) is 22.1 Å². The van der Waals surface area contributed by atoms with Gasteiger partial charge in [0.2, 0.25) is 0 Å². The number of hydrogen-bond donors (Lipinski definition) is 2. The normalized spacial score (nSPS) is 11.7. The summed E-state index contributed by atoms with van der Waals surface area (Å²) in [6, 6.07) is 26.0. The number of carbonyl (C=O) groups excluding carboxylic acids is 1. The highest BCUT2D eigenvalue weighted by Crippen LogP contribution is 2.34. The van der Waals surface area contributed by atoms with Crippen molar-refractivity contribution >= 4 is 15.9 Å².